The molecule has 56 valence electrons. The summed E-state index contributed by atoms with van der Waals surface area (Å²) in [5.41, 5.74) is 0. The second-order valence-corrected chi connectivity index (χ2v) is 8.43. The van der Waals surface area contributed by atoms with Crippen LogP contribution in [-0.2, 0) is 4.79 Å². The summed E-state index contributed by atoms with van der Waals surface area (Å²) in [6.45, 7) is 9.99. The Labute approximate surface area is 63.5 Å². The zero-order valence-electron chi connectivity index (χ0n) is 6.90. The van der Waals surface area contributed by atoms with Gasteiger partial charge in [0.1, 0.15) is 5.94 Å². The van der Waals surface area contributed by atoms with E-state index in [1.807, 2.05) is 5.94 Å². The fraction of sp³-hybridized carbons (Fsp3) is 0.500. The van der Waals surface area contributed by atoms with Crippen molar-refractivity contribution in [1.82, 2.24) is 0 Å². The van der Waals surface area contributed by atoms with Gasteiger partial charge in [-0.3, -0.25) is 0 Å². The predicted octanol–water partition coefficient (Wildman–Crippen LogP) is 2.20. The summed E-state index contributed by atoms with van der Waals surface area (Å²) in [4.78, 5) is 10.4. The molecular weight excluding hydrogens is 140 g/mol. The lowest BCUT2D eigenvalue weighted by molar-refractivity contribution is 0.567. The smallest absolute Gasteiger partial charge is 0.119 e. The number of carbonyl (C=O) groups excluding carboxylic acids is 1. The average Bonchev–Trinajstić information content (AvgIpc) is 1.80. The van der Waals surface area contributed by atoms with E-state index in [0.29, 0.717) is 6.42 Å². The molecule has 0 radical (unpaired) electrons. The Hall–Kier alpha value is -0.593. The number of hydrogen-bond acceptors (Lipinski definition) is 1. The Morgan fingerprint density at radius 3 is 2.20 bits per heavy atom. The molecule has 0 saturated heterocycles. The zero-order valence-corrected chi connectivity index (χ0v) is 7.90. The third kappa shape index (κ3) is 2.81. The Morgan fingerprint density at radius 2 is 2.10 bits per heavy atom. The molecule has 0 aromatic heterocycles. The first-order chi connectivity index (χ1) is 4.52. The van der Waals surface area contributed by atoms with Gasteiger partial charge in [-0.25, -0.2) is 4.79 Å². The van der Waals surface area contributed by atoms with Crippen LogP contribution in [0.2, 0.25) is 19.6 Å². The Balaban J connectivity index is 4.39. The van der Waals surface area contributed by atoms with Crippen molar-refractivity contribution in [1.29, 1.82) is 0 Å². The summed E-state index contributed by atoms with van der Waals surface area (Å²) in [6, 6.07) is 0. The second-order valence-electron chi connectivity index (χ2n) is 3.32. The predicted molar refractivity (Wildman–Crippen MR) is 47.4 cm³/mol. The monoisotopic (exact) mass is 154 g/mol. The lowest BCUT2D eigenvalue weighted by Crippen LogP contribution is -2.24. The summed E-state index contributed by atoms with van der Waals surface area (Å²) >= 11 is 0. The third-order valence-electron chi connectivity index (χ3n) is 1.38. The minimum Gasteiger partial charge on any atom is -0.234 e. The molecule has 0 saturated carbocycles. The van der Waals surface area contributed by atoms with Crippen LogP contribution in [0.4, 0.5) is 0 Å². The number of rotatable bonds is 3. The standard InChI is InChI=1S/C8H14OSi/c1-5-6-8(7-9)10(2,3)4/h5H,1,6H2,2-4H3. The van der Waals surface area contributed by atoms with E-state index in [9.17, 15) is 4.79 Å². The molecule has 0 rings (SSSR count). The second kappa shape index (κ2) is 3.54. The molecule has 0 N–H and O–H groups in total. The van der Waals surface area contributed by atoms with Gasteiger partial charge in [0.2, 0.25) is 0 Å². The molecule has 0 unspecified atom stereocenters. The maximum Gasteiger partial charge on any atom is 0.119 e. The fourth-order valence-electron chi connectivity index (χ4n) is 0.645. The molecule has 2 heteroatoms. The van der Waals surface area contributed by atoms with Gasteiger partial charge in [-0.05, 0) is 6.42 Å². The Morgan fingerprint density at radius 1 is 1.60 bits per heavy atom. The first kappa shape index (κ1) is 9.41. The summed E-state index contributed by atoms with van der Waals surface area (Å²) in [7, 11) is -1.39. The lowest BCUT2D eigenvalue weighted by Gasteiger charge is -2.14. The van der Waals surface area contributed by atoms with E-state index in [4.69, 9.17) is 0 Å². The molecule has 0 aliphatic heterocycles. The minimum atomic E-state index is -1.39. The molecule has 0 aromatic rings. The molecule has 0 aliphatic carbocycles. The van der Waals surface area contributed by atoms with E-state index in [1.165, 1.54) is 0 Å². The summed E-state index contributed by atoms with van der Waals surface area (Å²) < 4.78 is 0. The van der Waals surface area contributed by atoms with E-state index in [1.54, 1.807) is 6.08 Å². The highest BCUT2D eigenvalue weighted by atomic mass is 28.3. The van der Waals surface area contributed by atoms with Gasteiger partial charge in [0.05, 0.1) is 8.07 Å². The van der Waals surface area contributed by atoms with Gasteiger partial charge >= 0.3 is 0 Å². The van der Waals surface area contributed by atoms with Crippen molar-refractivity contribution in [3.05, 3.63) is 17.9 Å². The van der Waals surface area contributed by atoms with E-state index in [2.05, 4.69) is 26.2 Å². The van der Waals surface area contributed by atoms with Crippen LogP contribution in [0, 0.1) is 0 Å². The van der Waals surface area contributed by atoms with E-state index >= 15 is 0 Å². The molecule has 0 spiro atoms. The minimum absolute atomic E-state index is 0.708. The van der Waals surface area contributed by atoms with Crippen LogP contribution in [0.25, 0.3) is 0 Å². The highest BCUT2D eigenvalue weighted by molar-refractivity contribution is 6.84. The molecule has 0 aliphatic rings. The van der Waals surface area contributed by atoms with Gasteiger partial charge < -0.3 is 0 Å². The van der Waals surface area contributed by atoms with Gasteiger partial charge in [0.15, 0.2) is 0 Å². The summed E-state index contributed by atoms with van der Waals surface area (Å²) in [6.07, 6.45) is 2.47. The van der Waals surface area contributed by atoms with E-state index in [0.717, 1.165) is 5.20 Å². The maximum absolute atomic E-state index is 10.4. The van der Waals surface area contributed by atoms with Crippen molar-refractivity contribution in [2.45, 2.75) is 26.1 Å². The molecule has 1 nitrogen and oxygen atoms in total. The Kier molecular flexibility index (Phi) is 3.33. The number of hydrogen-bond donors (Lipinski definition) is 0. The van der Waals surface area contributed by atoms with Crippen LogP contribution in [0.3, 0.4) is 0 Å². The molecule has 0 fully saturated rings. The zero-order chi connectivity index (χ0) is 8.20. The van der Waals surface area contributed by atoms with Crippen molar-refractivity contribution >= 4 is 14.0 Å². The Bertz CT molecular complexity index is 170. The topological polar surface area (TPSA) is 17.1 Å². The fourth-order valence-corrected chi connectivity index (χ4v) is 1.71. The molecule has 0 amide bonds. The highest BCUT2D eigenvalue weighted by Crippen LogP contribution is 2.14. The summed E-state index contributed by atoms with van der Waals surface area (Å²) in [5.74, 6) is 2.00. The van der Waals surface area contributed by atoms with Crippen molar-refractivity contribution < 1.29 is 4.79 Å². The van der Waals surface area contributed by atoms with Crippen molar-refractivity contribution in [3.63, 3.8) is 0 Å². The first-order valence-electron chi connectivity index (χ1n) is 3.37. The highest BCUT2D eigenvalue weighted by Gasteiger charge is 2.18. The summed E-state index contributed by atoms with van der Waals surface area (Å²) in [5, 5.41) is 0.919. The average molecular weight is 154 g/mol. The molecule has 10 heavy (non-hydrogen) atoms. The van der Waals surface area contributed by atoms with Crippen LogP contribution >= 0.6 is 0 Å². The third-order valence-corrected chi connectivity index (χ3v) is 3.49. The van der Waals surface area contributed by atoms with Gasteiger partial charge in [0, 0.05) is 5.20 Å². The molecule has 0 bridgehead atoms. The van der Waals surface area contributed by atoms with Crippen LogP contribution in [0.1, 0.15) is 6.42 Å². The largest absolute Gasteiger partial charge is 0.234 e. The van der Waals surface area contributed by atoms with Crippen LogP contribution in [0.5, 0.6) is 0 Å². The van der Waals surface area contributed by atoms with E-state index in [-0.39, 0.29) is 0 Å². The molecule has 0 aromatic carbocycles. The SMILES string of the molecule is C=CCC(=C=O)[Si](C)(C)C. The molecule has 0 heterocycles. The van der Waals surface area contributed by atoms with Crippen LogP contribution in [0.15, 0.2) is 17.9 Å². The molecular formula is C8H14OSi. The van der Waals surface area contributed by atoms with Crippen LogP contribution in [-0.4, -0.2) is 14.0 Å². The normalized spacial score (nSPS) is 10.3. The maximum atomic E-state index is 10.4. The molecule has 0 atom stereocenters. The van der Waals surface area contributed by atoms with Crippen molar-refractivity contribution in [2.75, 3.05) is 0 Å². The van der Waals surface area contributed by atoms with Crippen LogP contribution < -0.4 is 0 Å². The number of allylic oxidation sites excluding steroid dienone is 2. The van der Waals surface area contributed by atoms with Gasteiger partial charge in [-0.1, -0.05) is 25.7 Å². The van der Waals surface area contributed by atoms with Gasteiger partial charge in [0.25, 0.3) is 0 Å². The quantitative estimate of drug-likeness (QED) is 0.346. The lowest BCUT2D eigenvalue weighted by atomic mass is 10.4. The van der Waals surface area contributed by atoms with E-state index < -0.39 is 8.07 Å². The van der Waals surface area contributed by atoms with Gasteiger partial charge in [-0.2, -0.15) is 0 Å². The van der Waals surface area contributed by atoms with Crippen molar-refractivity contribution in [2.24, 2.45) is 0 Å². The van der Waals surface area contributed by atoms with Gasteiger partial charge in [-0.15, -0.1) is 6.58 Å². The first-order valence-corrected chi connectivity index (χ1v) is 6.87. The van der Waals surface area contributed by atoms with Crippen molar-refractivity contribution in [3.8, 4) is 0 Å².